The molecule has 21 heavy (non-hydrogen) atoms. The number of nitrogens with one attached hydrogen (secondary N) is 1. The summed E-state index contributed by atoms with van der Waals surface area (Å²) < 4.78 is 0. The predicted molar refractivity (Wildman–Crippen MR) is 86.5 cm³/mol. The molecule has 0 spiro atoms. The van der Waals surface area contributed by atoms with Crippen LogP contribution >= 0.6 is 0 Å². The summed E-state index contributed by atoms with van der Waals surface area (Å²) in [5.41, 5.74) is 4.54. The van der Waals surface area contributed by atoms with Crippen LogP contribution in [0.15, 0.2) is 47.6 Å². The van der Waals surface area contributed by atoms with E-state index < -0.39 is 0 Å². The topological polar surface area (TPSA) is 41.5 Å². The molecule has 0 bridgehead atoms. The average Bonchev–Trinajstić information content (AvgIpc) is 2.53. The number of hydrazone groups is 1. The highest BCUT2D eigenvalue weighted by Crippen LogP contribution is 2.21. The number of nitrogens with zero attached hydrogens (tertiary/aromatic N) is 1. The summed E-state index contributed by atoms with van der Waals surface area (Å²) in [5, 5.41) is 6.40. The van der Waals surface area contributed by atoms with Crippen molar-refractivity contribution in [1.82, 2.24) is 5.43 Å². The molecule has 1 N–H and O–H groups in total. The molecule has 3 rings (SSSR count). The molecule has 2 aromatic carbocycles. The maximum Gasteiger partial charge on any atom is 0.271 e. The molecule has 2 aromatic rings. The largest absolute Gasteiger partial charge is 0.271 e. The van der Waals surface area contributed by atoms with Gasteiger partial charge in [0.2, 0.25) is 0 Å². The van der Waals surface area contributed by atoms with Crippen molar-refractivity contribution in [2.45, 2.75) is 32.6 Å². The predicted octanol–water partition coefficient (Wildman–Crippen LogP) is 4.14. The molecule has 1 fully saturated rings. The van der Waals surface area contributed by atoms with Gasteiger partial charge in [-0.05, 0) is 42.0 Å². The molecule has 0 saturated heterocycles. The minimum absolute atomic E-state index is 0.128. The van der Waals surface area contributed by atoms with Crippen LogP contribution in [-0.4, -0.2) is 11.6 Å². The van der Waals surface area contributed by atoms with Crippen LogP contribution in [0.1, 0.15) is 43.0 Å². The Bertz CT molecular complexity index is 685. The van der Waals surface area contributed by atoms with Gasteiger partial charge >= 0.3 is 0 Å². The summed E-state index contributed by atoms with van der Waals surface area (Å²) in [7, 11) is 0. The number of carbonyl (C=O) groups excluding carboxylic acids is 1. The second kappa shape index (κ2) is 6.08. The minimum atomic E-state index is -0.128. The molecule has 0 aliphatic heterocycles. The van der Waals surface area contributed by atoms with Gasteiger partial charge in [-0.25, -0.2) is 5.43 Å². The second-order valence-electron chi connectivity index (χ2n) is 5.72. The molecular weight excluding hydrogens is 260 g/mol. The van der Waals surface area contributed by atoms with Gasteiger partial charge in [0, 0.05) is 11.3 Å². The minimum Gasteiger partial charge on any atom is -0.267 e. The smallest absolute Gasteiger partial charge is 0.267 e. The van der Waals surface area contributed by atoms with Crippen LogP contribution in [-0.2, 0) is 0 Å². The summed E-state index contributed by atoms with van der Waals surface area (Å²) in [4.78, 5) is 12.4. The van der Waals surface area contributed by atoms with Crippen LogP contribution in [0.2, 0.25) is 0 Å². The van der Waals surface area contributed by atoms with Crippen LogP contribution in [0.5, 0.6) is 0 Å². The van der Waals surface area contributed by atoms with E-state index >= 15 is 0 Å². The van der Waals surface area contributed by atoms with Crippen molar-refractivity contribution in [3.05, 3.63) is 48.0 Å². The van der Waals surface area contributed by atoms with Crippen molar-refractivity contribution in [2.24, 2.45) is 11.0 Å². The first-order chi connectivity index (χ1) is 10.3. The summed E-state index contributed by atoms with van der Waals surface area (Å²) >= 11 is 0. The van der Waals surface area contributed by atoms with Gasteiger partial charge in [0.05, 0.1) is 0 Å². The van der Waals surface area contributed by atoms with Crippen LogP contribution in [0.25, 0.3) is 10.8 Å². The maximum atomic E-state index is 12.4. The van der Waals surface area contributed by atoms with Gasteiger partial charge in [-0.15, -0.1) is 0 Å². The molecule has 108 valence electrons. The highest BCUT2D eigenvalue weighted by atomic mass is 16.2. The number of amides is 1. The lowest BCUT2D eigenvalue weighted by atomic mass is 9.89. The van der Waals surface area contributed by atoms with E-state index in [1.54, 1.807) is 0 Å². The van der Waals surface area contributed by atoms with Gasteiger partial charge in [-0.1, -0.05) is 49.7 Å². The van der Waals surface area contributed by atoms with E-state index in [9.17, 15) is 4.79 Å². The first-order valence-corrected chi connectivity index (χ1v) is 7.60. The fraction of sp³-hybridized carbons (Fsp3) is 0.333. The molecule has 1 amide bonds. The Labute approximate surface area is 125 Å². The highest BCUT2D eigenvalue weighted by Gasteiger charge is 2.16. The van der Waals surface area contributed by atoms with E-state index in [4.69, 9.17) is 0 Å². The fourth-order valence-electron chi connectivity index (χ4n) is 2.94. The Hall–Kier alpha value is -2.16. The highest BCUT2D eigenvalue weighted by molar-refractivity contribution is 6.07. The van der Waals surface area contributed by atoms with Crippen LogP contribution < -0.4 is 5.43 Å². The summed E-state index contributed by atoms with van der Waals surface area (Å²) in [6.07, 6.45) is 4.60. The zero-order valence-electron chi connectivity index (χ0n) is 12.3. The van der Waals surface area contributed by atoms with E-state index in [0.717, 1.165) is 22.9 Å². The van der Waals surface area contributed by atoms with Crippen LogP contribution in [0, 0.1) is 5.92 Å². The number of fused-ring (bicyclic) bond motifs is 1. The third-order valence-electron chi connectivity index (χ3n) is 4.22. The zero-order valence-corrected chi connectivity index (χ0v) is 12.3. The Kier molecular flexibility index (Phi) is 4.00. The Morgan fingerprint density at radius 2 is 1.95 bits per heavy atom. The van der Waals surface area contributed by atoms with Crippen molar-refractivity contribution in [3.63, 3.8) is 0 Å². The van der Waals surface area contributed by atoms with Gasteiger partial charge in [0.25, 0.3) is 5.91 Å². The van der Waals surface area contributed by atoms with Crippen molar-refractivity contribution < 1.29 is 4.79 Å². The summed E-state index contributed by atoms with van der Waals surface area (Å²) in [5.74, 6) is 0.351. The number of hydrogen-bond acceptors (Lipinski definition) is 2. The fourth-order valence-corrected chi connectivity index (χ4v) is 2.94. The summed E-state index contributed by atoms with van der Waals surface area (Å²) in [6, 6.07) is 13.7. The molecule has 0 radical (unpaired) electrons. The van der Waals surface area contributed by atoms with Crippen molar-refractivity contribution in [2.75, 3.05) is 0 Å². The normalized spacial score (nSPS) is 20.6. The van der Waals surface area contributed by atoms with Gasteiger partial charge in [0.15, 0.2) is 0 Å². The molecule has 1 unspecified atom stereocenters. The lowest BCUT2D eigenvalue weighted by Gasteiger charge is -2.19. The SMILES string of the molecule is CC1CCCC/C1=N/NC(=O)c1cccc2ccccc12. The number of carbonyl (C=O) groups is 1. The lowest BCUT2D eigenvalue weighted by molar-refractivity contribution is 0.0956. The second-order valence-corrected chi connectivity index (χ2v) is 5.72. The van der Waals surface area contributed by atoms with Gasteiger partial charge in [-0.2, -0.15) is 5.10 Å². The van der Waals surface area contributed by atoms with Crippen molar-refractivity contribution >= 4 is 22.4 Å². The first-order valence-electron chi connectivity index (χ1n) is 7.60. The summed E-state index contributed by atoms with van der Waals surface area (Å²) in [6.45, 7) is 2.18. The molecule has 3 heteroatoms. The zero-order chi connectivity index (χ0) is 14.7. The monoisotopic (exact) mass is 280 g/mol. The van der Waals surface area contributed by atoms with E-state index in [0.29, 0.717) is 11.5 Å². The molecule has 3 nitrogen and oxygen atoms in total. The molecule has 1 saturated carbocycles. The Morgan fingerprint density at radius 1 is 1.14 bits per heavy atom. The van der Waals surface area contributed by atoms with Crippen molar-refractivity contribution in [1.29, 1.82) is 0 Å². The lowest BCUT2D eigenvalue weighted by Crippen LogP contribution is -2.24. The van der Waals surface area contributed by atoms with E-state index in [1.165, 1.54) is 19.3 Å². The quantitative estimate of drug-likeness (QED) is 0.825. The van der Waals surface area contributed by atoms with Gasteiger partial charge in [-0.3, -0.25) is 4.79 Å². The van der Waals surface area contributed by atoms with Crippen LogP contribution in [0.3, 0.4) is 0 Å². The number of rotatable bonds is 2. The number of hydrogen-bond donors (Lipinski definition) is 1. The average molecular weight is 280 g/mol. The van der Waals surface area contributed by atoms with Gasteiger partial charge < -0.3 is 0 Å². The molecule has 1 aliphatic carbocycles. The maximum absolute atomic E-state index is 12.4. The molecule has 0 aromatic heterocycles. The third-order valence-corrected chi connectivity index (χ3v) is 4.22. The molecular formula is C18H20N2O. The third kappa shape index (κ3) is 2.97. The van der Waals surface area contributed by atoms with Crippen LogP contribution in [0.4, 0.5) is 0 Å². The number of benzene rings is 2. The Morgan fingerprint density at radius 3 is 2.81 bits per heavy atom. The van der Waals surface area contributed by atoms with Crippen molar-refractivity contribution in [3.8, 4) is 0 Å². The standard InChI is InChI=1S/C18H20N2O/c1-13-7-2-5-12-17(13)19-20-18(21)16-11-6-9-14-8-3-4-10-15(14)16/h3-4,6,8-11,13H,2,5,7,12H2,1H3,(H,20,21)/b19-17-. The molecule has 0 heterocycles. The van der Waals surface area contributed by atoms with Gasteiger partial charge in [0.1, 0.15) is 0 Å². The van der Waals surface area contributed by atoms with E-state index in [-0.39, 0.29) is 5.91 Å². The van der Waals surface area contributed by atoms with E-state index in [2.05, 4.69) is 17.5 Å². The molecule has 1 atom stereocenters. The van der Waals surface area contributed by atoms with E-state index in [1.807, 2.05) is 42.5 Å². The Balaban J connectivity index is 1.83. The first kappa shape index (κ1) is 13.8. The molecule has 1 aliphatic rings.